The Morgan fingerprint density at radius 1 is 0.265 bits per heavy atom. The maximum Gasteiger partial charge on any atom is 0.0621 e. The van der Waals surface area contributed by atoms with E-state index in [1.54, 1.807) is 0 Å². The second kappa shape index (κ2) is 21.2. The van der Waals surface area contributed by atoms with Crippen molar-refractivity contribution in [1.29, 1.82) is 21.0 Å². The molecule has 0 spiro atoms. The molecular weight excluding hydrogens is 833 g/mol. The highest BCUT2D eigenvalue weighted by Crippen LogP contribution is 2.29. The minimum Gasteiger partial charge on any atom is -0.354 e. The molecule has 0 radical (unpaired) electrons. The molecule has 8 aromatic rings. The van der Waals surface area contributed by atoms with E-state index in [0.29, 0.717) is 25.7 Å². The largest absolute Gasteiger partial charge is 0.354 e. The molecule has 0 unspecified atom stereocenters. The Balaban J connectivity index is 1.29. The first-order valence-electron chi connectivity index (χ1n) is 23.7. The van der Waals surface area contributed by atoms with Crippen LogP contribution in [-0.2, 0) is 25.7 Å². The van der Waals surface area contributed by atoms with Gasteiger partial charge in [0.25, 0.3) is 0 Å². The van der Waals surface area contributed by atoms with E-state index in [9.17, 15) is 21.0 Å². The molecule has 4 N–H and O–H groups in total. The predicted octanol–water partition coefficient (Wildman–Crippen LogP) is 9.69. The van der Waals surface area contributed by atoms with Gasteiger partial charge in [-0.2, -0.15) is 21.0 Å². The van der Waals surface area contributed by atoms with Crippen LogP contribution in [0.2, 0.25) is 0 Å². The molecule has 8 bridgehead atoms. The molecule has 0 saturated carbocycles. The predicted molar refractivity (Wildman–Crippen MR) is 268 cm³/mol. The van der Waals surface area contributed by atoms with E-state index >= 15 is 0 Å². The fraction of sp³-hybridized carbons (Fsp3) is 0.200. The molecule has 0 atom stereocenters. The van der Waals surface area contributed by atoms with Gasteiger partial charge in [0.05, 0.1) is 24.3 Å². The van der Waals surface area contributed by atoms with E-state index in [0.717, 1.165) is 140 Å². The molecule has 68 heavy (non-hydrogen) atoms. The second-order valence-corrected chi connectivity index (χ2v) is 17.5. The summed E-state index contributed by atoms with van der Waals surface area (Å²) in [6, 6.07) is 61.4. The second-order valence-electron chi connectivity index (χ2n) is 17.5. The number of nitrogens with zero attached hydrogens (tertiary/aromatic N) is 4. The van der Waals surface area contributed by atoms with E-state index in [1.807, 2.05) is 0 Å². The number of H-pyrrole nitrogens is 4. The van der Waals surface area contributed by atoms with Crippen molar-refractivity contribution in [1.82, 2.24) is 19.9 Å². The van der Waals surface area contributed by atoms with Gasteiger partial charge in [-0.15, -0.1) is 0 Å². The molecule has 8 heteroatoms. The van der Waals surface area contributed by atoms with Gasteiger partial charge in [-0.05, 0) is 144 Å². The van der Waals surface area contributed by atoms with Crippen LogP contribution < -0.4 is 21.4 Å². The van der Waals surface area contributed by atoms with Gasteiger partial charge >= 0.3 is 0 Å². The third kappa shape index (κ3) is 9.97. The Labute approximate surface area is 397 Å². The SMILES string of the molecule is N#CCCCc1ccc(C2=c3ccc([nH]3)=C(c3ccc(CCCC#N)cc3)c3ccc([nH]3)C(c3ccc(CCCC#N)cc3)=c3ccc([nH]3)=C(c3ccc(CCCC#N)cc3)c3ccc2[nH]3)cc1. The third-order valence-electron chi connectivity index (χ3n) is 12.9. The molecule has 0 fully saturated rings. The van der Waals surface area contributed by atoms with Crippen molar-refractivity contribution in [3.05, 3.63) is 234 Å². The molecule has 5 heterocycles. The molecule has 8 nitrogen and oxygen atoms in total. The molecule has 0 aliphatic carbocycles. The van der Waals surface area contributed by atoms with Crippen molar-refractivity contribution in [2.24, 2.45) is 0 Å². The first kappa shape index (κ1) is 44.6. The first-order valence-corrected chi connectivity index (χ1v) is 23.7. The highest BCUT2D eigenvalue weighted by Gasteiger charge is 2.19. The monoisotopic (exact) mass is 884 g/mol. The fourth-order valence-electron chi connectivity index (χ4n) is 9.41. The lowest BCUT2D eigenvalue weighted by molar-refractivity contribution is 0.850. The lowest BCUT2D eigenvalue weighted by atomic mass is 9.99. The van der Waals surface area contributed by atoms with E-state index < -0.39 is 0 Å². The van der Waals surface area contributed by atoms with Crippen LogP contribution in [0, 0.1) is 45.3 Å². The van der Waals surface area contributed by atoms with Crippen LogP contribution in [0.3, 0.4) is 0 Å². The number of aromatic nitrogens is 4. The molecule has 0 amide bonds. The van der Waals surface area contributed by atoms with Crippen molar-refractivity contribution >= 4 is 22.3 Å². The van der Waals surface area contributed by atoms with E-state index in [-0.39, 0.29) is 0 Å². The Kier molecular flexibility index (Phi) is 13.9. The van der Waals surface area contributed by atoms with Crippen LogP contribution in [0.5, 0.6) is 0 Å². The lowest BCUT2D eigenvalue weighted by Crippen LogP contribution is -2.19. The van der Waals surface area contributed by atoms with E-state index in [4.69, 9.17) is 0 Å². The van der Waals surface area contributed by atoms with Crippen LogP contribution in [0.1, 0.15) is 119 Å². The number of hydrogen-bond donors (Lipinski definition) is 4. The van der Waals surface area contributed by atoms with Gasteiger partial charge in [-0.3, -0.25) is 0 Å². The van der Waals surface area contributed by atoms with Crippen molar-refractivity contribution in [3.63, 3.8) is 0 Å². The normalized spacial score (nSPS) is 12.1. The third-order valence-corrected chi connectivity index (χ3v) is 12.9. The zero-order valence-corrected chi connectivity index (χ0v) is 38.1. The van der Waals surface area contributed by atoms with Gasteiger partial charge in [0.2, 0.25) is 0 Å². The fourth-order valence-corrected chi connectivity index (χ4v) is 9.41. The number of nitriles is 4. The Morgan fingerprint density at radius 2 is 0.485 bits per heavy atom. The number of unbranched alkanes of at least 4 members (excludes halogenated alkanes) is 4. The van der Waals surface area contributed by atoms with Gasteiger partial charge < -0.3 is 19.9 Å². The van der Waals surface area contributed by atoms with Gasteiger partial charge in [0, 0.05) is 92.1 Å². The summed E-state index contributed by atoms with van der Waals surface area (Å²) in [5.41, 5.74) is 17.0. The molecular formula is C60H52N8. The van der Waals surface area contributed by atoms with E-state index in [2.05, 4.69) is 190 Å². The van der Waals surface area contributed by atoms with Gasteiger partial charge in [-0.1, -0.05) is 97.1 Å². The topological polar surface area (TPSA) is 158 Å². The van der Waals surface area contributed by atoms with Gasteiger partial charge in [0.1, 0.15) is 0 Å². The van der Waals surface area contributed by atoms with Crippen molar-refractivity contribution in [2.45, 2.75) is 77.0 Å². The van der Waals surface area contributed by atoms with Gasteiger partial charge in [-0.25, -0.2) is 0 Å². The Hall–Kier alpha value is -8.56. The average molecular weight is 885 g/mol. The highest BCUT2D eigenvalue weighted by molar-refractivity contribution is 5.85. The molecule has 4 aromatic heterocycles. The molecule has 332 valence electrons. The zero-order chi connectivity index (χ0) is 46.7. The quantitative estimate of drug-likeness (QED) is 0.0713. The Bertz CT molecular complexity index is 3010. The summed E-state index contributed by atoms with van der Waals surface area (Å²) < 4.78 is 0. The molecule has 1 aliphatic rings. The summed E-state index contributed by atoms with van der Waals surface area (Å²) >= 11 is 0. The average Bonchev–Trinajstić information content (AvgIpc) is 4.23. The maximum absolute atomic E-state index is 9.18. The van der Waals surface area contributed by atoms with Crippen molar-refractivity contribution in [2.75, 3.05) is 0 Å². The first-order chi connectivity index (χ1) is 33.5. The number of nitrogens with one attached hydrogen (secondary N) is 4. The summed E-state index contributed by atoms with van der Waals surface area (Å²) in [6.45, 7) is 0. The summed E-state index contributed by atoms with van der Waals surface area (Å²) in [6.07, 6.45) is 8.79. The summed E-state index contributed by atoms with van der Waals surface area (Å²) in [7, 11) is 0. The number of aromatic amines is 4. The lowest BCUT2D eigenvalue weighted by Gasteiger charge is -2.11. The Morgan fingerprint density at radius 3 is 0.691 bits per heavy atom. The highest BCUT2D eigenvalue weighted by atomic mass is 14.8. The van der Waals surface area contributed by atoms with Crippen LogP contribution in [-0.4, -0.2) is 19.9 Å². The zero-order valence-electron chi connectivity index (χ0n) is 38.1. The molecule has 1 aliphatic heterocycles. The minimum atomic E-state index is 0.531. The van der Waals surface area contributed by atoms with Gasteiger partial charge in [0.15, 0.2) is 0 Å². The summed E-state index contributed by atoms with van der Waals surface area (Å²) in [5, 5.41) is 40.6. The molecule has 0 saturated heterocycles. The standard InChI is InChI=1S/C60H52N8/c61-37-5-1-9-41-13-21-45(22-14-41)57-49-29-31-51(65-49)58(46-23-15-42(16-24-46)10-2-6-38-62)53-33-35-55(67-53)60(48-27-19-44(20-28-48)12-4-8-40-64)56-36-34-54(68-56)59(52-32-30-50(57)66-52)47-25-17-43(18-26-47)11-3-7-39-63/h13-36,65-68H,1-12H2. The van der Waals surface area contributed by atoms with E-state index in [1.165, 1.54) is 22.3 Å². The number of hydrogen-bond acceptors (Lipinski definition) is 4. The summed E-state index contributed by atoms with van der Waals surface area (Å²) in [5.74, 6) is 0. The number of benzene rings is 4. The molecule has 4 aromatic carbocycles. The minimum absolute atomic E-state index is 0.531. The number of rotatable bonds is 16. The smallest absolute Gasteiger partial charge is 0.0621 e. The van der Waals surface area contributed by atoms with Crippen molar-refractivity contribution < 1.29 is 0 Å². The number of fused-ring (bicyclic) bond motifs is 8. The molecule has 9 rings (SSSR count). The van der Waals surface area contributed by atoms with Crippen LogP contribution in [0.25, 0.3) is 22.3 Å². The van der Waals surface area contributed by atoms with Crippen LogP contribution in [0.15, 0.2) is 146 Å². The maximum atomic E-state index is 9.18. The summed E-state index contributed by atoms with van der Waals surface area (Å²) in [4.78, 5) is 15.6. The van der Waals surface area contributed by atoms with Crippen LogP contribution >= 0.6 is 0 Å². The van der Waals surface area contributed by atoms with Crippen molar-refractivity contribution in [3.8, 4) is 24.3 Å². The van der Waals surface area contributed by atoms with Crippen LogP contribution in [0.4, 0.5) is 0 Å². The number of aryl methyl sites for hydroxylation is 4.